The van der Waals surface area contributed by atoms with Gasteiger partial charge in [0.2, 0.25) is 0 Å². The van der Waals surface area contributed by atoms with Gasteiger partial charge in [-0.1, -0.05) is 42.5 Å². The molecule has 0 aromatic heterocycles. The lowest BCUT2D eigenvalue weighted by molar-refractivity contribution is -0.709. The third kappa shape index (κ3) is 4.18. The Balaban J connectivity index is 1.99. The SMILES string of the molecule is Cc1ccc(C)c(NC(=O)[C@@H](C)[NH2+][C@H](C)c2ccccc2)c1. The summed E-state index contributed by atoms with van der Waals surface area (Å²) in [6.07, 6.45) is 0. The van der Waals surface area contributed by atoms with Gasteiger partial charge in [-0.3, -0.25) is 4.79 Å². The van der Waals surface area contributed by atoms with Crippen LogP contribution in [-0.4, -0.2) is 11.9 Å². The summed E-state index contributed by atoms with van der Waals surface area (Å²) >= 11 is 0. The molecule has 0 bridgehead atoms. The van der Waals surface area contributed by atoms with Crippen LogP contribution >= 0.6 is 0 Å². The molecular weight excluding hydrogens is 272 g/mol. The highest BCUT2D eigenvalue weighted by molar-refractivity contribution is 5.94. The Hall–Kier alpha value is -2.13. The number of nitrogens with two attached hydrogens (primary N) is 1. The van der Waals surface area contributed by atoms with Gasteiger partial charge in [0.25, 0.3) is 5.91 Å². The van der Waals surface area contributed by atoms with Gasteiger partial charge in [0.1, 0.15) is 6.04 Å². The average molecular weight is 297 g/mol. The number of quaternary nitrogens is 1. The van der Waals surface area contributed by atoms with Crippen LogP contribution in [0.5, 0.6) is 0 Å². The largest absolute Gasteiger partial charge is 0.330 e. The van der Waals surface area contributed by atoms with Crippen molar-refractivity contribution in [2.24, 2.45) is 0 Å². The van der Waals surface area contributed by atoms with E-state index in [9.17, 15) is 4.79 Å². The minimum Gasteiger partial charge on any atom is -0.330 e. The number of nitrogens with one attached hydrogen (secondary N) is 1. The molecule has 0 spiro atoms. The van der Waals surface area contributed by atoms with E-state index >= 15 is 0 Å². The van der Waals surface area contributed by atoms with Crippen LogP contribution in [0.15, 0.2) is 48.5 Å². The Kier molecular flexibility index (Phi) is 5.34. The van der Waals surface area contributed by atoms with Gasteiger partial charge in [-0.25, -0.2) is 0 Å². The Morgan fingerprint density at radius 2 is 1.73 bits per heavy atom. The van der Waals surface area contributed by atoms with Crippen LogP contribution in [0.4, 0.5) is 5.69 Å². The molecule has 2 atom stereocenters. The van der Waals surface area contributed by atoms with Crippen LogP contribution in [0.1, 0.15) is 36.6 Å². The molecule has 2 rings (SSSR count). The third-order valence-electron chi connectivity index (χ3n) is 3.97. The van der Waals surface area contributed by atoms with Crippen molar-refractivity contribution >= 4 is 11.6 Å². The predicted molar refractivity (Wildman–Crippen MR) is 90.8 cm³/mol. The van der Waals surface area contributed by atoms with Crippen LogP contribution < -0.4 is 10.6 Å². The Labute approximate surface area is 132 Å². The lowest BCUT2D eigenvalue weighted by atomic mass is 10.1. The van der Waals surface area contributed by atoms with E-state index in [0.29, 0.717) is 0 Å². The first-order valence-corrected chi connectivity index (χ1v) is 7.75. The summed E-state index contributed by atoms with van der Waals surface area (Å²) < 4.78 is 0. The maximum atomic E-state index is 12.4. The molecule has 0 radical (unpaired) electrons. The molecule has 1 amide bonds. The van der Waals surface area contributed by atoms with Gasteiger partial charge in [-0.2, -0.15) is 0 Å². The third-order valence-corrected chi connectivity index (χ3v) is 3.97. The highest BCUT2D eigenvalue weighted by atomic mass is 16.2. The summed E-state index contributed by atoms with van der Waals surface area (Å²) in [7, 11) is 0. The van der Waals surface area contributed by atoms with E-state index in [1.807, 2.05) is 51.1 Å². The van der Waals surface area contributed by atoms with Crippen molar-refractivity contribution in [2.45, 2.75) is 39.8 Å². The van der Waals surface area contributed by atoms with Crippen molar-refractivity contribution in [2.75, 3.05) is 5.32 Å². The molecule has 0 saturated heterocycles. The second-order valence-corrected chi connectivity index (χ2v) is 5.99. The molecule has 0 fully saturated rings. The van der Waals surface area contributed by atoms with Gasteiger partial charge in [-0.15, -0.1) is 0 Å². The minimum absolute atomic E-state index is 0.0384. The second kappa shape index (κ2) is 7.23. The lowest BCUT2D eigenvalue weighted by Gasteiger charge is -2.17. The molecule has 2 aromatic rings. The molecule has 0 aliphatic heterocycles. The standard InChI is InChI=1S/C19H24N2O/c1-13-10-11-14(2)18(12-13)21-19(22)16(4)20-15(3)17-8-6-5-7-9-17/h5-12,15-16,20H,1-4H3,(H,21,22)/p+1/t15-,16-/m1/s1. The van der Waals surface area contributed by atoms with Crippen molar-refractivity contribution in [3.63, 3.8) is 0 Å². The summed E-state index contributed by atoms with van der Waals surface area (Å²) in [5.41, 5.74) is 4.36. The molecule has 0 unspecified atom stereocenters. The molecule has 0 aliphatic carbocycles. The van der Waals surface area contributed by atoms with E-state index in [1.165, 1.54) is 5.56 Å². The fourth-order valence-corrected chi connectivity index (χ4v) is 2.51. The highest BCUT2D eigenvalue weighted by Crippen LogP contribution is 2.16. The van der Waals surface area contributed by atoms with E-state index in [4.69, 9.17) is 0 Å². The maximum absolute atomic E-state index is 12.4. The smallest absolute Gasteiger partial charge is 0.282 e. The number of amides is 1. The number of rotatable bonds is 5. The maximum Gasteiger partial charge on any atom is 0.282 e. The second-order valence-electron chi connectivity index (χ2n) is 5.99. The Bertz CT molecular complexity index is 637. The molecule has 3 heteroatoms. The van der Waals surface area contributed by atoms with Crippen molar-refractivity contribution in [3.8, 4) is 0 Å². The molecule has 3 N–H and O–H groups in total. The van der Waals surface area contributed by atoms with E-state index < -0.39 is 0 Å². The van der Waals surface area contributed by atoms with E-state index in [0.717, 1.165) is 16.8 Å². The quantitative estimate of drug-likeness (QED) is 0.875. The van der Waals surface area contributed by atoms with Crippen LogP contribution in [0.25, 0.3) is 0 Å². The fourth-order valence-electron chi connectivity index (χ4n) is 2.51. The van der Waals surface area contributed by atoms with Gasteiger partial charge in [0.05, 0.1) is 0 Å². The van der Waals surface area contributed by atoms with Gasteiger partial charge in [0, 0.05) is 11.3 Å². The fraction of sp³-hybridized carbons (Fsp3) is 0.316. The van der Waals surface area contributed by atoms with Gasteiger partial charge >= 0.3 is 0 Å². The molecule has 116 valence electrons. The summed E-state index contributed by atoms with van der Waals surface area (Å²) in [5.74, 6) is 0.0384. The van der Waals surface area contributed by atoms with Crippen molar-refractivity contribution in [1.82, 2.24) is 0 Å². The topological polar surface area (TPSA) is 45.7 Å². The summed E-state index contributed by atoms with van der Waals surface area (Å²) in [6.45, 7) is 8.11. The summed E-state index contributed by atoms with van der Waals surface area (Å²) in [4.78, 5) is 12.4. The zero-order chi connectivity index (χ0) is 16.1. The lowest BCUT2D eigenvalue weighted by Crippen LogP contribution is -2.91. The van der Waals surface area contributed by atoms with E-state index in [-0.39, 0.29) is 18.0 Å². The first kappa shape index (κ1) is 16.2. The summed E-state index contributed by atoms with van der Waals surface area (Å²) in [6, 6.07) is 16.5. The zero-order valence-corrected chi connectivity index (χ0v) is 13.8. The van der Waals surface area contributed by atoms with Gasteiger partial charge in [0.15, 0.2) is 6.04 Å². The number of hydrogen-bond donors (Lipinski definition) is 2. The number of hydrogen-bond acceptors (Lipinski definition) is 1. The monoisotopic (exact) mass is 297 g/mol. The molecule has 0 heterocycles. The number of benzene rings is 2. The van der Waals surface area contributed by atoms with Crippen LogP contribution in [-0.2, 0) is 4.79 Å². The molecule has 3 nitrogen and oxygen atoms in total. The molecular formula is C19H25N2O+. The van der Waals surface area contributed by atoms with Crippen LogP contribution in [0, 0.1) is 13.8 Å². The normalized spacial score (nSPS) is 13.5. The van der Waals surface area contributed by atoms with Crippen molar-refractivity contribution in [3.05, 3.63) is 65.2 Å². The minimum atomic E-state index is -0.143. The molecule has 22 heavy (non-hydrogen) atoms. The van der Waals surface area contributed by atoms with E-state index in [1.54, 1.807) is 0 Å². The predicted octanol–water partition coefficient (Wildman–Crippen LogP) is 2.96. The average Bonchev–Trinajstić information content (AvgIpc) is 2.51. The van der Waals surface area contributed by atoms with Gasteiger partial charge in [-0.05, 0) is 44.9 Å². The highest BCUT2D eigenvalue weighted by Gasteiger charge is 2.20. The first-order chi connectivity index (χ1) is 10.5. The number of carbonyl (C=O) groups excluding carboxylic acids is 1. The Morgan fingerprint density at radius 3 is 2.41 bits per heavy atom. The van der Waals surface area contributed by atoms with Crippen molar-refractivity contribution < 1.29 is 10.1 Å². The van der Waals surface area contributed by atoms with Crippen LogP contribution in [0.3, 0.4) is 0 Å². The Morgan fingerprint density at radius 1 is 1.05 bits per heavy atom. The number of anilines is 1. The molecule has 0 aliphatic rings. The number of carbonyl (C=O) groups is 1. The molecule has 2 aromatic carbocycles. The van der Waals surface area contributed by atoms with Crippen molar-refractivity contribution in [1.29, 1.82) is 0 Å². The summed E-state index contributed by atoms with van der Waals surface area (Å²) in [5, 5.41) is 5.13. The van der Waals surface area contributed by atoms with Gasteiger partial charge < -0.3 is 10.6 Å². The molecule has 0 saturated carbocycles. The van der Waals surface area contributed by atoms with Crippen LogP contribution in [0.2, 0.25) is 0 Å². The first-order valence-electron chi connectivity index (χ1n) is 7.75. The zero-order valence-electron chi connectivity index (χ0n) is 13.8. The van der Waals surface area contributed by atoms with E-state index in [2.05, 4.69) is 35.8 Å². The number of aryl methyl sites for hydroxylation is 2.